The lowest BCUT2D eigenvalue weighted by molar-refractivity contribution is -0.137. The number of hydrogen-bond donors (Lipinski definition) is 0. The standard InChI is InChI=1S/C59H43F3N4/c1-57(2,3)45-21-29-53-51(34-45)52-35-46(58(4,5)6)22-30-54(52)65(53)47-23-15-39(16-24-47)10-14-42-18-28-50-49-27-17-41(13-9-38-7-11-40(12-8-38)31-43(36-63)37-64)32-55(49)66(56(50)33-42)48-25-19-44(20-26-48)59(60,61)62/h7-8,11-12,15-35H,1-6H3. The van der Waals surface area contributed by atoms with Crippen LogP contribution in [0.1, 0.15) is 86.1 Å². The minimum absolute atomic E-state index is 0.00743. The molecular weight excluding hydrogens is 822 g/mol. The van der Waals surface area contributed by atoms with Crippen molar-refractivity contribution in [2.24, 2.45) is 0 Å². The fourth-order valence-corrected chi connectivity index (χ4v) is 8.39. The maximum absolute atomic E-state index is 13.7. The highest BCUT2D eigenvalue weighted by Crippen LogP contribution is 2.39. The van der Waals surface area contributed by atoms with Gasteiger partial charge in [-0.15, -0.1) is 0 Å². The molecule has 0 aliphatic heterocycles. The van der Waals surface area contributed by atoms with Gasteiger partial charge in [-0.05, 0) is 143 Å². The molecule has 0 spiro atoms. The van der Waals surface area contributed by atoms with Crippen LogP contribution in [0.25, 0.3) is 61.1 Å². The Morgan fingerprint density at radius 2 is 0.803 bits per heavy atom. The molecular formula is C59H43F3N4. The smallest absolute Gasteiger partial charge is 0.309 e. The van der Waals surface area contributed by atoms with Crippen LogP contribution in [0.15, 0.2) is 151 Å². The number of alkyl halides is 3. The molecule has 7 aromatic carbocycles. The quantitative estimate of drug-likeness (QED) is 0.131. The lowest BCUT2D eigenvalue weighted by Gasteiger charge is -2.19. The van der Waals surface area contributed by atoms with Gasteiger partial charge in [0.2, 0.25) is 0 Å². The van der Waals surface area contributed by atoms with Gasteiger partial charge in [0.15, 0.2) is 0 Å². The van der Waals surface area contributed by atoms with Crippen molar-refractivity contribution < 1.29 is 13.2 Å². The Labute approximate surface area is 382 Å². The van der Waals surface area contributed by atoms with Gasteiger partial charge in [0, 0.05) is 55.2 Å². The summed E-state index contributed by atoms with van der Waals surface area (Å²) in [7, 11) is 0. The van der Waals surface area contributed by atoms with E-state index in [-0.39, 0.29) is 16.4 Å². The Kier molecular flexibility index (Phi) is 10.7. The third-order valence-corrected chi connectivity index (χ3v) is 12.0. The van der Waals surface area contributed by atoms with Gasteiger partial charge in [0.25, 0.3) is 0 Å². The third kappa shape index (κ3) is 8.32. The van der Waals surface area contributed by atoms with E-state index in [2.05, 4.69) is 118 Å². The maximum Gasteiger partial charge on any atom is 0.416 e. The van der Waals surface area contributed by atoms with Crippen molar-refractivity contribution >= 4 is 49.7 Å². The van der Waals surface area contributed by atoms with E-state index in [9.17, 15) is 13.2 Å². The molecule has 0 atom stereocenters. The second kappa shape index (κ2) is 16.4. The Morgan fingerprint density at radius 3 is 1.23 bits per heavy atom. The van der Waals surface area contributed by atoms with Crippen LogP contribution in [0.5, 0.6) is 0 Å². The van der Waals surface area contributed by atoms with Crippen molar-refractivity contribution in [3.63, 3.8) is 0 Å². The first-order chi connectivity index (χ1) is 31.5. The summed E-state index contributed by atoms with van der Waals surface area (Å²) < 4.78 is 45.3. The summed E-state index contributed by atoms with van der Waals surface area (Å²) in [5.74, 6) is 13.1. The molecule has 320 valence electrons. The molecule has 0 N–H and O–H groups in total. The zero-order chi connectivity index (χ0) is 46.5. The van der Waals surface area contributed by atoms with Gasteiger partial charge in [-0.2, -0.15) is 23.7 Å². The van der Waals surface area contributed by atoms with E-state index >= 15 is 0 Å². The molecule has 0 aliphatic rings. The second-order valence-corrected chi connectivity index (χ2v) is 18.6. The van der Waals surface area contributed by atoms with E-state index < -0.39 is 11.7 Å². The number of rotatable bonds is 3. The van der Waals surface area contributed by atoms with Gasteiger partial charge >= 0.3 is 6.18 Å². The van der Waals surface area contributed by atoms with Gasteiger partial charge in [0.05, 0.1) is 27.6 Å². The maximum atomic E-state index is 13.7. The first kappa shape index (κ1) is 43.0. The molecule has 66 heavy (non-hydrogen) atoms. The molecule has 2 aromatic heterocycles. The molecule has 0 unspecified atom stereocenters. The predicted octanol–water partition coefficient (Wildman–Crippen LogP) is 14.7. The molecule has 0 fully saturated rings. The number of fused-ring (bicyclic) bond motifs is 6. The number of hydrogen-bond acceptors (Lipinski definition) is 2. The monoisotopic (exact) mass is 864 g/mol. The predicted molar refractivity (Wildman–Crippen MR) is 262 cm³/mol. The second-order valence-electron chi connectivity index (χ2n) is 18.6. The molecule has 4 nitrogen and oxygen atoms in total. The number of halogens is 3. The van der Waals surface area contributed by atoms with Crippen LogP contribution >= 0.6 is 0 Å². The molecule has 0 radical (unpaired) electrons. The van der Waals surface area contributed by atoms with E-state index in [1.54, 1.807) is 12.1 Å². The first-order valence-electron chi connectivity index (χ1n) is 21.6. The van der Waals surface area contributed by atoms with Crippen molar-refractivity contribution in [2.75, 3.05) is 0 Å². The number of benzene rings is 7. The highest BCUT2D eigenvalue weighted by atomic mass is 19.4. The van der Waals surface area contributed by atoms with E-state index in [1.165, 1.54) is 40.1 Å². The minimum atomic E-state index is -4.47. The van der Waals surface area contributed by atoms with Crippen molar-refractivity contribution in [2.45, 2.75) is 58.5 Å². The molecule has 0 saturated heterocycles. The van der Waals surface area contributed by atoms with Crippen molar-refractivity contribution in [3.05, 3.63) is 196 Å². The van der Waals surface area contributed by atoms with E-state index in [0.29, 0.717) is 16.8 Å². The van der Waals surface area contributed by atoms with Gasteiger partial charge in [-0.3, -0.25) is 0 Å². The van der Waals surface area contributed by atoms with Gasteiger partial charge in [0.1, 0.15) is 17.7 Å². The highest BCUT2D eigenvalue weighted by molar-refractivity contribution is 6.11. The topological polar surface area (TPSA) is 57.4 Å². The Hall–Kier alpha value is -8.23. The summed E-state index contributed by atoms with van der Waals surface area (Å²) in [5, 5.41) is 22.5. The minimum Gasteiger partial charge on any atom is -0.309 e. The lowest BCUT2D eigenvalue weighted by atomic mass is 9.85. The molecule has 0 saturated carbocycles. The molecule has 7 heteroatoms. The molecule has 9 aromatic rings. The fourth-order valence-electron chi connectivity index (χ4n) is 8.39. The van der Waals surface area contributed by atoms with Crippen molar-refractivity contribution in [1.29, 1.82) is 10.5 Å². The first-order valence-corrected chi connectivity index (χ1v) is 21.6. The Morgan fingerprint density at radius 1 is 0.424 bits per heavy atom. The normalized spacial score (nSPS) is 11.7. The summed E-state index contributed by atoms with van der Waals surface area (Å²) in [6.45, 7) is 13.5. The third-order valence-electron chi connectivity index (χ3n) is 12.0. The van der Waals surface area contributed by atoms with E-state index in [4.69, 9.17) is 10.5 Å². The summed E-state index contributed by atoms with van der Waals surface area (Å²) in [6, 6.07) is 49.9. The fraction of sp³-hybridized carbons (Fsp3) is 0.153. The van der Waals surface area contributed by atoms with Crippen LogP contribution in [0.2, 0.25) is 0 Å². The average molecular weight is 865 g/mol. The zero-order valence-corrected chi connectivity index (χ0v) is 37.4. The zero-order valence-electron chi connectivity index (χ0n) is 37.4. The SMILES string of the molecule is CC(C)(C)c1ccc2c(c1)c1cc(C(C)(C)C)ccc1n2-c1ccc(C#Cc2ccc3c4ccc(C#Cc5ccc(C=C(C#N)C#N)cc5)cc4n(-c4ccc(C(F)(F)F)cc4)c3c2)cc1. The summed E-state index contributed by atoms with van der Waals surface area (Å²) >= 11 is 0. The average Bonchev–Trinajstić information content (AvgIpc) is 3.80. The van der Waals surface area contributed by atoms with Crippen LogP contribution in [-0.2, 0) is 17.0 Å². The van der Waals surface area contributed by atoms with Crippen LogP contribution in [0.4, 0.5) is 13.2 Å². The van der Waals surface area contributed by atoms with Gasteiger partial charge in [-0.1, -0.05) is 102 Å². The molecule has 0 aliphatic carbocycles. The molecule has 9 rings (SSSR count). The van der Waals surface area contributed by atoms with Crippen LogP contribution in [0.3, 0.4) is 0 Å². The lowest BCUT2D eigenvalue weighted by Crippen LogP contribution is -2.10. The van der Waals surface area contributed by atoms with Crippen LogP contribution < -0.4 is 0 Å². The van der Waals surface area contributed by atoms with Gasteiger partial charge in [-0.25, -0.2) is 0 Å². The number of aromatic nitrogens is 2. The van der Waals surface area contributed by atoms with Crippen molar-refractivity contribution in [3.8, 4) is 47.2 Å². The van der Waals surface area contributed by atoms with Gasteiger partial charge < -0.3 is 9.13 Å². The molecule has 2 heterocycles. The van der Waals surface area contributed by atoms with Crippen LogP contribution in [0, 0.1) is 46.3 Å². The van der Waals surface area contributed by atoms with E-state index in [0.717, 1.165) is 67.3 Å². The number of nitriles is 2. The largest absolute Gasteiger partial charge is 0.416 e. The molecule has 0 amide bonds. The van der Waals surface area contributed by atoms with E-state index in [1.807, 2.05) is 77.4 Å². The highest BCUT2D eigenvalue weighted by Gasteiger charge is 2.30. The van der Waals surface area contributed by atoms with Crippen LogP contribution in [-0.4, -0.2) is 9.13 Å². The summed E-state index contributed by atoms with van der Waals surface area (Å²) in [6.07, 6.45) is -2.96. The molecule has 0 bridgehead atoms. The Bertz CT molecular complexity index is 3550. The number of nitrogens with zero attached hydrogens (tertiary/aromatic N) is 4. The summed E-state index contributed by atoms with van der Waals surface area (Å²) in [4.78, 5) is 0. The Balaban J connectivity index is 1.08. The number of allylic oxidation sites excluding steroid dienone is 1. The summed E-state index contributed by atoms with van der Waals surface area (Å²) in [5.41, 5.74) is 11.1. The van der Waals surface area contributed by atoms with Crippen molar-refractivity contribution in [1.82, 2.24) is 9.13 Å².